The summed E-state index contributed by atoms with van der Waals surface area (Å²) in [4.78, 5) is 14.9. The first-order valence-corrected chi connectivity index (χ1v) is 8.40. The second kappa shape index (κ2) is 8.51. The van der Waals surface area contributed by atoms with Crippen LogP contribution in [-0.2, 0) is 0 Å². The monoisotopic (exact) mass is 410 g/mol. The van der Waals surface area contributed by atoms with Crippen molar-refractivity contribution in [1.29, 1.82) is 0 Å². The molecule has 1 fully saturated rings. The zero-order valence-corrected chi connectivity index (χ0v) is 15.8. The van der Waals surface area contributed by atoms with Crippen LogP contribution in [0.15, 0.2) is 53.0 Å². The summed E-state index contributed by atoms with van der Waals surface area (Å²) in [7, 11) is 1.66. The lowest BCUT2D eigenvalue weighted by Gasteiger charge is -2.37. The van der Waals surface area contributed by atoms with Crippen molar-refractivity contribution in [3.63, 3.8) is 0 Å². The van der Waals surface area contributed by atoms with Crippen LogP contribution < -0.4 is 10.1 Å². The number of nitrogens with zero attached hydrogens (tertiary/aromatic N) is 1. The quantitative estimate of drug-likeness (QED) is 0.838. The third kappa shape index (κ3) is 3.91. The highest BCUT2D eigenvalue weighted by atomic mass is 79.9. The van der Waals surface area contributed by atoms with Gasteiger partial charge in [0.05, 0.1) is 13.2 Å². The van der Waals surface area contributed by atoms with Crippen molar-refractivity contribution in [3.8, 4) is 5.75 Å². The lowest BCUT2D eigenvalue weighted by Crippen LogP contribution is -2.48. The second-order valence-electron chi connectivity index (χ2n) is 5.47. The van der Waals surface area contributed by atoms with E-state index < -0.39 is 0 Å². The highest BCUT2D eigenvalue weighted by Crippen LogP contribution is 2.31. The Bertz CT molecular complexity index is 694. The minimum Gasteiger partial charge on any atom is -0.496 e. The Hall–Kier alpha value is -1.56. The van der Waals surface area contributed by atoms with E-state index in [0.29, 0.717) is 12.1 Å². The van der Waals surface area contributed by atoms with Crippen LogP contribution in [0.1, 0.15) is 22.0 Å². The fourth-order valence-electron chi connectivity index (χ4n) is 2.93. The number of halogens is 2. The molecule has 6 heteroatoms. The standard InChI is InChI=1S/C18H19BrN2O2.ClH/c1-23-17-5-3-2-4-15(17)16-12-20-10-11-21(16)18(22)13-6-8-14(19)9-7-13;/h2-9,16,20H,10-12H2,1H3;1H. The molecule has 0 aliphatic carbocycles. The molecule has 1 aliphatic rings. The molecule has 0 spiro atoms. The summed E-state index contributed by atoms with van der Waals surface area (Å²) in [6, 6.07) is 15.4. The van der Waals surface area contributed by atoms with E-state index in [1.807, 2.05) is 53.4 Å². The summed E-state index contributed by atoms with van der Waals surface area (Å²) >= 11 is 3.41. The van der Waals surface area contributed by atoms with Gasteiger partial charge in [0.2, 0.25) is 0 Å². The zero-order valence-electron chi connectivity index (χ0n) is 13.4. The number of rotatable bonds is 3. The maximum atomic E-state index is 12.9. The molecule has 4 nitrogen and oxygen atoms in total. The van der Waals surface area contributed by atoms with Gasteiger partial charge in [0.1, 0.15) is 5.75 Å². The number of nitrogens with one attached hydrogen (secondary N) is 1. The molecule has 3 rings (SSSR count). The minimum atomic E-state index is -0.0314. The average Bonchev–Trinajstić information content (AvgIpc) is 2.62. The Balaban J connectivity index is 0.00000208. The zero-order chi connectivity index (χ0) is 16.2. The van der Waals surface area contributed by atoms with Gasteiger partial charge in [-0.1, -0.05) is 34.1 Å². The number of amides is 1. The van der Waals surface area contributed by atoms with Crippen LogP contribution in [-0.4, -0.2) is 37.6 Å². The molecule has 1 heterocycles. The predicted octanol–water partition coefficient (Wildman–Crippen LogP) is 3.67. The maximum Gasteiger partial charge on any atom is 0.254 e. The largest absolute Gasteiger partial charge is 0.496 e. The van der Waals surface area contributed by atoms with Crippen molar-refractivity contribution in [1.82, 2.24) is 10.2 Å². The molecule has 24 heavy (non-hydrogen) atoms. The van der Waals surface area contributed by atoms with Gasteiger partial charge < -0.3 is 15.0 Å². The lowest BCUT2D eigenvalue weighted by atomic mass is 10.0. The summed E-state index contributed by atoms with van der Waals surface area (Å²) < 4.78 is 6.44. The number of hydrogen-bond acceptors (Lipinski definition) is 3. The molecule has 2 aromatic rings. The van der Waals surface area contributed by atoms with Gasteiger partial charge in [0.25, 0.3) is 5.91 Å². The number of hydrogen-bond donors (Lipinski definition) is 1. The van der Waals surface area contributed by atoms with Gasteiger partial charge in [-0.3, -0.25) is 4.79 Å². The molecule has 0 radical (unpaired) electrons. The van der Waals surface area contributed by atoms with Gasteiger partial charge in [0, 0.05) is 35.2 Å². The number of benzene rings is 2. The van der Waals surface area contributed by atoms with Crippen molar-refractivity contribution in [2.75, 3.05) is 26.7 Å². The molecule has 0 bridgehead atoms. The van der Waals surface area contributed by atoms with E-state index in [0.717, 1.165) is 28.9 Å². The van der Waals surface area contributed by atoms with Crippen molar-refractivity contribution in [2.24, 2.45) is 0 Å². The van der Waals surface area contributed by atoms with Gasteiger partial charge in [-0.05, 0) is 30.3 Å². The first-order valence-electron chi connectivity index (χ1n) is 7.61. The van der Waals surface area contributed by atoms with Gasteiger partial charge in [-0.25, -0.2) is 0 Å². The molecule has 0 aromatic heterocycles. The van der Waals surface area contributed by atoms with Crippen LogP contribution in [0.4, 0.5) is 0 Å². The molecular formula is C18H20BrClN2O2. The molecule has 1 aliphatic heterocycles. The third-order valence-electron chi connectivity index (χ3n) is 4.09. The maximum absolute atomic E-state index is 12.9. The Morgan fingerprint density at radius 2 is 1.92 bits per heavy atom. The van der Waals surface area contributed by atoms with E-state index in [2.05, 4.69) is 21.2 Å². The first kappa shape index (κ1) is 18.8. The lowest BCUT2D eigenvalue weighted by molar-refractivity contribution is 0.0631. The smallest absolute Gasteiger partial charge is 0.254 e. The Kier molecular flexibility index (Phi) is 6.66. The molecule has 1 N–H and O–H groups in total. The molecule has 2 aromatic carbocycles. The molecule has 1 amide bonds. The SMILES string of the molecule is COc1ccccc1C1CNCCN1C(=O)c1ccc(Br)cc1.Cl. The minimum absolute atomic E-state index is 0. The number of para-hydroxylation sites is 1. The van der Waals surface area contributed by atoms with Crippen LogP contribution in [0.2, 0.25) is 0 Å². The number of ether oxygens (including phenoxy) is 1. The fourth-order valence-corrected chi connectivity index (χ4v) is 3.19. The summed E-state index contributed by atoms with van der Waals surface area (Å²) in [6.45, 7) is 2.20. The number of carbonyl (C=O) groups excluding carboxylic acids is 1. The van der Waals surface area contributed by atoms with Crippen LogP contribution in [0.3, 0.4) is 0 Å². The summed E-state index contributed by atoms with van der Waals surface area (Å²) in [6.07, 6.45) is 0. The van der Waals surface area contributed by atoms with E-state index in [-0.39, 0.29) is 24.4 Å². The summed E-state index contributed by atoms with van der Waals surface area (Å²) in [5, 5.41) is 3.37. The fraction of sp³-hybridized carbons (Fsp3) is 0.278. The molecule has 1 unspecified atom stereocenters. The van der Waals surface area contributed by atoms with Crippen molar-refractivity contribution in [3.05, 3.63) is 64.1 Å². The van der Waals surface area contributed by atoms with Gasteiger partial charge in [0.15, 0.2) is 0 Å². The molecule has 128 valence electrons. The predicted molar refractivity (Wildman–Crippen MR) is 101 cm³/mol. The topological polar surface area (TPSA) is 41.6 Å². The average molecular weight is 412 g/mol. The van der Waals surface area contributed by atoms with E-state index >= 15 is 0 Å². The van der Waals surface area contributed by atoms with Gasteiger partial charge in [-0.15, -0.1) is 12.4 Å². The van der Waals surface area contributed by atoms with E-state index in [4.69, 9.17) is 4.74 Å². The highest BCUT2D eigenvalue weighted by Gasteiger charge is 2.30. The van der Waals surface area contributed by atoms with E-state index in [1.165, 1.54) is 0 Å². The molecule has 0 saturated carbocycles. The summed E-state index contributed by atoms with van der Waals surface area (Å²) in [5.41, 5.74) is 1.74. The number of piperazine rings is 1. The van der Waals surface area contributed by atoms with Gasteiger partial charge in [-0.2, -0.15) is 0 Å². The Morgan fingerprint density at radius 3 is 2.62 bits per heavy atom. The van der Waals surface area contributed by atoms with Crippen LogP contribution in [0.5, 0.6) is 5.75 Å². The number of carbonyl (C=O) groups is 1. The molecule has 1 saturated heterocycles. The van der Waals surface area contributed by atoms with Crippen molar-refractivity contribution in [2.45, 2.75) is 6.04 Å². The van der Waals surface area contributed by atoms with Crippen LogP contribution >= 0.6 is 28.3 Å². The highest BCUT2D eigenvalue weighted by molar-refractivity contribution is 9.10. The van der Waals surface area contributed by atoms with Gasteiger partial charge >= 0.3 is 0 Å². The molecule has 1 atom stereocenters. The van der Waals surface area contributed by atoms with E-state index in [9.17, 15) is 4.79 Å². The third-order valence-corrected chi connectivity index (χ3v) is 4.62. The van der Waals surface area contributed by atoms with Crippen LogP contribution in [0, 0.1) is 0 Å². The van der Waals surface area contributed by atoms with Crippen LogP contribution in [0.25, 0.3) is 0 Å². The van der Waals surface area contributed by atoms with E-state index in [1.54, 1.807) is 7.11 Å². The van der Waals surface area contributed by atoms with Crippen molar-refractivity contribution < 1.29 is 9.53 Å². The normalized spacial score (nSPS) is 17.1. The molecular weight excluding hydrogens is 392 g/mol. The Labute approximate surface area is 156 Å². The first-order chi connectivity index (χ1) is 11.2. The Morgan fingerprint density at radius 1 is 1.21 bits per heavy atom. The second-order valence-corrected chi connectivity index (χ2v) is 6.38. The van der Waals surface area contributed by atoms with Crippen molar-refractivity contribution >= 4 is 34.2 Å². The summed E-state index contributed by atoms with van der Waals surface area (Å²) in [5.74, 6) is 0.865. The number of methoxy groups -OCH3 is 1.